The molecule has 0 unspecified atom stereocenters. The lowest BCUT2D eigenvalue weighted by atomic mass is 10.2. The Balaban J connectivity index is 1.32. The van der Waals surface area contributed by atoms with E-state index in [0.29, 0.717) is 34.4 Å². The molecule has 13 heteroatoms. The van der Waals surface area contributed by atoms with E-state index in [1.54, 1.807) is 29.1 Å². The van der Waals surface area contributed by atoms with E-state index in [4.69, 9.17) is 4.98 Å². The summed E-state index contributed by atoms with van der Waals surface area (Å²) in [5.41, 5.74) is 1.89. The van der Waals surface area contributed by atoms with Gasteiger partial charge in [-0.2, -0.15) is 9.61 Å². The summed E-state index contributed by atoms with van der Waals surface area (Å²) in [7, 11) is 1.88. The standard InChI is InChI=1S/C23H21N9O3S/c1-31-7-6-24-19(31)11-25-22(34)17-5-4-16(36-17)14-9-18(27-13-2-3-13)32-20(28-14)12(10-26-32)8-15-21(33)30-23(35)29-15/h4-10,13,27H,2-3,11H2,1H3,(H,25,34)(H2,29,30,33,35)/b15-8-. The zero-order chi connectivity index (χ0) is 24.8. The highest BCUT2D eigenvalue weighted by Crippen LogP contribution is 2.32. The van der Waals surface area contributed by atoms with Crippen LogP contribution in [0.2, 0.25) is 0 Å². The van der Waals surface area contributed by atoms with Crippen molar-refractivity contribution < 1.29 is 14.4 Å². The maximum atomic E-state index is 12.7. The molecule has 4 amide bonds. The van der Waals surface area contributed by atoms with Crippen molar-refractivity contribution in [3.63, 3.8) is 0 Å². The van der Waals surface area contributed by atoms with Gasteiger partial charge in [-0.05, 0) is 31.1 Å². The van der Waals surface area contributed by atoms with Crippen LogP contribution in [0.1, 0.15) is 33.9 Å². The molecule has 4 aromatic rings. The second-order valence-electron chi connectivity index (χ2n) is 8.55. The Bertz CT molecular complexity index is 1560. The third kappa shape index (κ3) is 4.20. The number of hydrogen-bond acceptors (Lipinski definition) is 8. The van der Waals surface area contributed by atoms with E-state index in [9.17, 15) is 14.4 Å². The van der Waals surface area contributed by atoms with Crippen LogP contribution in [0, 0.1) is 0 Å². The molecule has 5 heterocycles. The van der Waals surface area contributed by atoms with Gasteiger partial charge in [-0.3, -0.25) is 14.9 Å². The van der Waals surface area contributed by atoms with Crippen LogP contribution in [0.25, 0.3) is 22.3 Å². The van der Waals surface area contributed by atoms with Crippen molar-refractivity contribution in [2.24, 2.45) is 7.05 Å². The van der Waals surface area contributed by atoms with Gasteiger partial charge in [0.1, 0.15) is 17.3 Å². The minimum absolute atomic E-state index is 0.126. The van der Waals surface area contributed by atoms with Crippen molar-refractivity contribution in [1.29, 1.82) is 0 Å². The lowest BCUT2D eigenvalue weighted by molar-refractivity contribution is -0.115. The molecular formula is C23H21N9O3S. The number of fused-ring (bicyclic) bond motifs is 1. The third-order valence-corrected chi connectivity index (χ3v) is 6.96. The van der Waals surface area contributed by atoms with E-state index >= 15 is 0 Å². The lowest BCUT2D eigenvalue weighted by Gasteiger charge is -2.09. The molecule has 12 nitrogen and oxygen atoms in total. The number of imidazole rings is 1. The van der Waals surface area contributed by atoms with Crippen molar-refractivity contribution in [2.75, 3.05) is 5.32 Å². The second kappa shape index (κ2) is 8.61. The Morgan fingerprint density at radius 2 is 2.14 bits per heavy atom. The fraction of sp³-hybridized carbons (Fsp3) is 0.217. The molecule has 2 aliphatic rings. The number of hydrogen-bond donors (Lipinski definition) is 4. The number of rotatable bonds is 7. The Kier molecular flexibility index (Phi) is 5.25. The number of thiophene rings is 1. The van der Waals surface area contributed by atoms with E-state index in [2.05, 4.69) is 31.3 Å². The average molecular weight is 504 g/mol. The first-order valence-electron chi connectivity index (χ1n) is 11.3. The van der Waals surface area contributed by atoms with Crippen LogP contribution in [0.15, 0.2) is 42.5 Å². The number of carbonyl (C=O) groups is 3. The first-order valence-corrected chi connectivity index (χ1v) is 12.1. The number of anilines is 1. The normalized spacial score (nSPS) is 16.4. The molecule has 0 spiro atoms. The Hall–Kier alpha value is -4.52. The molecule has 0 bridgehead atoms. The van der Waals surface area contributed by atoms with Crippen LogP contribution in [0.3, 0.4) is 0 Å². The molecule has 2 fully saturated rings. The molecule has 1 saturated heterocycles. The summed E-state index contributed by atoms with van der Waals surface area (Å²) in [5.74, 6) is 0.824. The maximum absolute atomic E-state index is 12.7. The highest BCUT2D eigenvalue weighted by atomic mass is 32.1. The molecule has 1 aliphatic heterocycles. The minimum atomic E-state index is -0.570. The topological polar surface area (TPSA) is 147 Å². The zero-order valence-electron chi connectivity index (χ0n) is 19.1. The molecule has 0 radical (unpaired) electrons. The van der Waals surface area contributed by atoms with Gasteiger partial charge in [0.15, 0.2) is 5.65 Å². The smallest absolute Gasteiger partial charge is 0.326 e. The third-order valence-electron chi connectivity index (χ3n) is 5.86. The van der Waals surface area contributed by atoms with Crippen LogP contribution in [-0.4, -0.2) is 48.0 Å². The van der Waals surface area contributed by atoms with Crippen molar-refractivity contribution in [3.8, 4) is 10.6 Å². The largest absolute Gasteiger partial charge is 0.367 e. The quantitative estimate of drug-likeness (QED) is 0.222. The van der Waals surface area contributed by atoms with Crippen molar-refractivity contribution >= 4 is 46.7 Å². The minimum Gasteiger partial charge on any atom is -0.367 e. The van der Waals surface area contributed by atoms with Gasteiger partial charge in [0.05, 0.1) is 28.2 Å². The average Bonchev–Trinajstić information content (AvgIpc) is 3.21. The lowest BCUT2D eigenvalue weighted by Crippen LogP contribution is -2.23. The van der Waals surface area contributed by atoms with Gasteiger partial charge in [0.25, 0.3) is 11.8 Å². The first kappa shape index (κ1) is 22.0. The molecule has 6 rings (SSSR count). The van der Waals surface area contributed by atoms with Gasteiger partial charge in [-0.1, -0.05) is 0 Å². The van der Waals surface area contributed by atoms with Gasteiger partial charge in [0.2, 0.25) is 0 Å². The molecule has 0 aromatic carbocycles. The van der Waals surface area contributed by atoms with E-state index in [0.717, 1.165) is 29.4 Å². The van der Waals surface area contributed by atoms with Gasteiger partial charge in [-0.15, -0.1) is 11.3 Å². The highest BCUT2D eigenvalue weighted by Gasteiger charge is 2.26. The molecule has 182 valence electrons. The van der Waals surface area contributed by atoms with Gasteiger partial charge < -0.3 is 20.5 Å². The monoisotopic (exact) mass is 503 g/mol. The number of nitrogens with one attached hydrogen (secondary N) is 4. The predicted molar refractivity (Wildman–Crippen MR) is 132 cm³/mol. The number of aryl methyl sites for hydroxylation is 1. The fourth-order valence-corrected chi connectivity index (χ4v) is 4.68. The first-order chi connectivity index (χ1) is 17.4. The van der Waals surface area contributed by atoms with Crippen LogP contribution in [-0.2, 0) is 18.4 Å². The summed E-state index contributed by atoms with van der Waals surface area (Å²) >= 11 is 1.33. The molecule has 4 aromatic heterocycles. The summed E-state index contributed by atoms with van der Waals surface area (Å²) in [6.45, 7) is 0.327. The SMILES string of the molecule is Cn1ccnc1CNC(=O)c1ccc(-c2cc(NC3CC3)n3ncc(/C=C4\NC(=O)NC4=O)c3n2)s1. The summed E-state index contributed by atoms with van der Waals surface area (Å²) < 4.78 is 3.53. The van der Waals surface area contributed by atoms with E-state index in [1.807, 2.05) is 29.9 Å². The second-order valence-corrected chi connectivity index (χ2v) is 9.63. The van der Waals surface area contributed by atoms with Crippen LogP contribution in [0.5, 0.6) is 0 Å². The number of aromatic nitrogens is 5. The molecule has 4 N–H and O–H groups in total. The van der Waals surface area contributed by atoms with E-state index in [1.165, 1.54) is 11.3 Å². The summed E-state index contributed by atoms with van der Waals surface area (Å²) in [4.78, 5) is 46.6. The van der Waals surface area contributed by atoms with E-state index in [-0.39, 0.29) is 11.6 Å². The number of amides is 4. The number of urea groups is 1. The van der Waals surface area contributed by atoms with Crippen LogP contribution >= 0.6 is 11.3 Å². The summed E-state index contributed by atoms with van der Waals surface area (Å²) in [6.07, 6.45) is 8.80. The van der Waals surface area contributed by atoms with Crippen LogP contribution < -0.4 is 21.3 Å². The molecule has 0 atom stereocenters. The van der Waals surface area contributed by atoms with Gasteiger partial charge in [0, 0.05) is 37.1 Å². The van der Waals surface area contributed by atoms with Crippen molar-refractivity contribution in [2.45, 2.75) is 25.4 Å². The van der Waals surface area contributed by atoms with Gasteiger partial charge >= 0.3 is 6.03 Å². The molecule has 36 heavy (non-hydrogen) atoms. The molecule has 1 saturated carbocycles. The summed E-state index contributed by atoms with van der Waals surface area (Å²) in [5, 5.41) is 15.5. The Morgan fingerprint density at radius 1 is 1.28 bits per heavy atom. The van der Waals surface area contributed by atoms with E-state index < -0.39 is 11.9 Å². The van der Waals surface area contributed by atoms with Crippen molar-refractivity contribution in [3.05, 3.63) is 58.8 Å². The van der Waals surface area contributed by atoms with Crippen molar-refractivity contribution in [1.82, 2.24) is 40.1 Å². The number of imide groups is 1. The predicted octanol–water partition coefficient (Wildman–Crippen LogP) is 1.88. The Labute approximate surface area is 208 Å². The Morgan fingerprint density at radius 3 is 2.86 bits per heavy atom. The fourth-order valence-electron chi connectivity index (χ4n) is 3.80. The maximum Gasteiger partial charge on any atom is 0.326 e. The zero-order valence-corrected chi connectivity index (χ0v) is 19.9. The summed E-state index contributed by atoms with van der Waals surface area (Å²) in [6, 6.07) is 5.33. The highest BCUT2D eigenvalue weighted by molar-refractivity contribution is 7.17. The molecule has 1 aliphatic carbocycles. The number of nitrogens with zero attached hydrogens (tertiary/aromatic N) is 5. The van der Waals surface area contributed by atoms with Crippen LogP contribution in [0.4, 0.5) is 10.6 Å². The molecular weight excluding hydrogens is 482 g/mol. The van der Waals surface area contributed by atoms with Gasteiger partial charge in [-0.25, -0.2) is 14.8 Å². The number of carbonyl (C=O) groups excluding carboxylic acids is 3.